The summed E-state index contributed by atoms with van der Waals surface area (Å²) in [5, 5.41) is 4.25. The second-order valence-electron chi connectivity index (χ2n) is 2.59. The quantitative estimate of drug-likeness (QED) is 0.636. The summed E-state index contributed by atoms with van der Waals surface area (Å²) in [5.74, 6) is 0. The standard InChI is InChI=1S/C7H15NO3S/c1-4-5-7(11-3)6(2)12(8,9)10/h4,6-7H,1,5H2,2-3H3,(H2,8,9,10)/t6-,7+/m0/s1. The molecule has 0 unspecified atom stereocenters. The minimum Gasteiger partial charge on any atom is -0.380 e. The van der Waals surface area contributed by atoms with Gasteiger partial charge in [0.1, 0.15) is 0 Å². The van der Waals surface area contributed by atoms with Gasteiger partial charge in [-0.2, -0.15) is 0 Å². The Balaban J connectivity index is 4.41. The average molecular weight is 193 g/mol. The van der Waals surface area contributed by atoms with Crippen molar-refractivity contribution in [2.45, 2.75) is 24.7 Å². The summed E-state index contributed by atoms with van der Waals surface area (Å²) in [6.45, 7) is 5.02. The molecule has 0 aromatic carbocycles. The number of methoxy groups -OCH3 is 1. The first-order valence-electron chi connectivity index (χ1n) is 3.58. The van der Waals surface area contributed by atoms with Crippen molar-refractivity contribution < 1.29 is 13.2 Å². The topological polar surface area (TPSA) is 69.4 Å². The maximum Gasteiger partial charge on any atom is 0.214 e. The molecule has 0 bridgehead atoms. The molecule has 0 rings (SSSR count). The van der Waals surface area contributed by atoms with Crippen LogP contribution in [-0.4, -0.2) is 26.9 Å². The Kier molecular flexibility index (Phi) is 4.44. The summed E-state index contributed by atoms with van der Waals surface area (Å²) < 4.78 is 26.7. The lowest BCUT2D eigenvalue weighted by Crippen LogP contribution is -2.37. The molecule has 0 aromatic rings. The number of ether oxygens (including phenoxy) is 1. The van der Waals surface area contributed by atoms with Gasteiger partial charge in [-0.15, -0.1) is 6.58 Å². The molecule has 0 aromatic heterocycles. The van der Waals surface area contributed by atoms with E-state index < -0.39 is 21.4 Å². The van der Waals surface area contributed by atoms with Gasteiger partial charge in [0.2, 0.25) is 10.0 Å². The molecule has 0 fully saturated rings. The number of rotatable bonds is 5. The van der Waals surface area contributed by atoms with Gasteiger partial charge in [0.15, 0.2) is 0 Å². The van der Waals surface area contributed by atoms with Crippen LogP contribution in [0.5, 0.6) is 0 Å². The van der Waals surface area contributed by atoms with Crippen LogP contribution in [0.1, 0.15) is 13.3 Å². The lowest BCUT2D eigenvalue weighted by molar-refractivity contribution is 0.104. The molecule has 0 heterocycles. The Morgan fingerprint density at radius 2 is 2.17 bits per heavy atom. The van der Waals surface area contributed by atoms with Gasteiger partial charge in [0.05, 0.1) is 11.4 Å². The minimum atomic E-state index is -3.51. The van der Waals surface area contributed by atoms with Gasteiger partial charge in [-0.25, -0.2) is 13.6 Å². The molecule has 0 aliphatic heterocycles. The predicted octanol–water partition coefficient (Wildman–Crippen LogP) is 0.255. The largest absolute Gasteiger partial charge is 0.380 e. The van der Waals surface area contributed by atoms with Crippen LogP contribution < -0.4 is 5.14 Å². The normalized spacial score (nSPS) is 16.9. The van der Waals surface area contributed by atoms with Gasteiger partial charge >= 0.3 is 0 Å². The van der Waals surface area contributed by atoms with Crippen LogP contribution >= 0.6 is 0 Å². The zero-order valence-electron chi connectivity index (χ0n) is 7.36. The van der Waals surface area contributed by atoms with Gasteiger partial charge in [0, 0.05) is 7.11 Å². The Labute approximate surface area is 73.5 Å². The molecule has 0 radical (unpaired) electrons. The van der Waals surface area contributed by atoms with Crippen molar-refractivity contribution in [2.75, 3.05) is 7.11 Å². The van der Waals surface area contributed by atoms with Crippen LogP contribution in [0.3, 0.4) is 0 Å². The molecule has 2 N–H and O–H groups in total. The molecule has 12 heavy (non-hydrogen) atoms. The molecular weight excluding hydrogens is 178 g/mol. The highest BCUT2D eigenvalue weighted by atomic mass is 32.2. The summed E-state index contributed by atoms with van der Waals surface area (Å²) in [6, 6.07) is 0. The van der Waals surface area contributed by atoms with E-state index in [1.54, 1.807) is 6.08 Å². The third-order valence-corrected chi connectivity index (χ3v) is 3.08. The van der Waals surface area contributed by atoms with Crippen LogP contribution in [0.2, 0.25) is 0 Å². The van der Waals surface area contributed by atoms with Crippen LogP contribution in [0.4, 0.5) is 0 Å². The van der Waals surface area contributed by atoms with Crippen molar-refractivity contribution in [1.29, 1.82) is 0 Å². The number of hydrogen-bond donors (Lipinski definition) is 1. The Morgan fingerprint density at radius 1 is 1.67 bits per heavy atom. The number of sulfonamides is 1. The van der Waals surface area contributed by atoms with Crippen LogP contribution in [0, 0.1) is 0 Å². The molecule has 5 heteroatoms. The molecule has 0 saturated carbocycles. The molecule has 0 amide bonds. The zero-order chi connectivity index (χ0) is 9.78. The molecule has 2 atom stereocenters. The highest BCUT2D eigenvalue weighted by Gasteiger charge is 2.25. The predicted molar refractivity (Wildman–Crippen MR) is 48.2 cm³/mol. The molecule has 0 saturated heterocycles. The van der Waals surface area contributed by atoms with E-state index in [-0.39, 0.29) is 0 Å². The van der Waals surface area contributed by atoms with E-state index in [1.165, 1.54) is 14.0 Å². The first-order chi connectivity index (χ1) is 5.43. The van der Waals surface area contributed by atoms with Crippen molar-refractivity contribution in [2.24, 2.45) is 5.14 Å². The van der Waals surface area contributed by atoms with Crippen LogP contribution in [0.25, 0.3) is 0 Å². The van der Waals surface area contributed by atoms with E-state index in [0.717, 1.165) is 0 Å². The monoisotopic (exact) mass is 193 g/mol. The fourth-order valence-corrected chi connectivity index (χ4v) is 1.50. The maximum atomic E-state index is 10.9. The molecule has 0 aliphatic carbocycles. The fourth-order valence-electron chi connectivity index (χ4n) is 0.855. The molecule has 0 spiro atoms. The van der Waals surface area contributed by atoms with Crippen molar-refractivity contribution >= 4 is 10.0 Å². The lowest BCUT2D eigenvalue weighted by Gasteiger charge is -2.18. The second kappa shape index (κ2) is 4.59. The van der Waals surface area contributed by atoms with Crippen molar-refractivity contribution in [3.63, 3.8) is 0 Å². The summed E-state index contributed by atoms with van der Waals surface area (Å²) in [7, 11) is -2.05. The Hall–Kier alpha value is -0.390. The zero-order valence-corrected chi connectivity index (χ0v) is 8.17. The molecule has 4 nitrogen and oxygen atoms in total. The SMILES string of the molecule is C=CC[C@@H](OC)[C@H](C)S(N)(=O)=O. The molecule has 72 valence electrons. The van der Waals surface area contributed by atoms with Crippen LogP contribution in [-0.2, 0) is 14.8 Å². The number of primary sulfonamides is 1. The third-order valence-electron chi connectivity index (χ3n) is 1.74. The molecular formula is C7H15NO3S. The third kappa shape index (κ3) is 3.34. The average Bonchev–Trinajstić information content (AvgIpc) is 1.97. The first-order valence-corrected chi connectivity index (χ1v) is 5.19. The van der Waals surface area contributed by atoms with E-state index in [1.807, 2.05) is 0 Å². The summed E-state index contributed by atoms with van der Waals surface area (Å²) in [6.07, 6.45) is 1.68. The summed E-state index contributed by atoms with van der Waals surface area (Å²) in [4.78, 5) is 0. The minimum absolute atomic E-state index is 0.405. The highest BCUT2D eigenvalue weighted by Crippen LogP contribution is 2.09. The van der Waals surface area contributed by atoms with Gasteiger partial charge in [-0.05, 0) is 13.3 Å². The fraction of sp³-hybridized carbons (Fsp3) is 0.714. The second-order valence-corrected chi connectivity index (χ2v) is 4.51. The van der Waals surface area contributed by atoms with Gasteiger partial charge in [-0.1, -0.05) is 6.08 Å². The van der Waals surface area contributed by atoms with Crippen molar-refractivity contribution in [1.82, 2.24) is 0 Å². The number of hydrogen-bond acceptors (Lipinski definition) is 3. The summed E-state index contributed by atoms with van der Waals surface area (Å²) in [5.41, 5.74) is 0. The highest BCUT2D eigenvalue weighted by molar-refractivity contribution is 7.89. The Morgan fingerprint density at radius 3 is 2.42 bits per heavy atom. The maximum absolute atomic E-state index is 10.9. The van der Waals surface area contributed by atoms with E-state index in [9.17, 15) is 8.42 Å². The van der Waals surface area contributed by atoms with Crippen LogP contribution in [0.15, 0.2) is 12.7 Å². The van der Waals surface area contributed by atoms with E-state index >= 15 is 0 Å². The number of nitrogens with two attached hydrogens (primary N) is 1. The van der Waals surface area contributed by atoms with Gasteiger partial charge in [-0.3, -0.25) is 0 Å². The lowest BCUT2D eigenvalue weighted by atomic mass is 10.2. The Bertz CT molecular complexity index is 235. The smallest absolute Gasteiger partial charge is 0.214 e. The van der Waals surface area contributed by atoms with E-state index in [0.29, 0.717) is 6.42 Å². The molecule has 0 aliphatic rings. The van der Waals surface area contributed by atoms with Crippen molar-refractivity contribution in [3.8, 4) is 0 Å². The van der Waals surface area contributed by atoms with Gasteiger partial charge < -0.3 is 4.74 Å². The van der Waals surface area contributed by atoms with Gasteiger partial charge in [0.25, 0.3) is 0 Å². The van der Waals surface area contributed by atoms with Crippen molar-refractivity contribution in [3.05, 3.63) is 12.7 Å². The summed E-state index contributed by atoms with van der Waals surface area (Å²) >= 11 is 0. The first kappa shape index (κ1) is 11.6. The van der Waals surface area contributed by atoms with E-state index in [4.69, 9.17) is 9.88 Å². The van der Waals surface area contributed by atoms with E-state index in [2.05, 4.69) is 6.58 Å².